The molecule has 6 heteroatoms. The lowest BCUT2D eigenvalue weighted by Crippen LogP contribution is -2.40. The Labute approximate surface area is 200 Å². The Bertz CT molecular complexity index is 1060. The van der Waals surface area contributed by atoms with Crippen molar-refractivity contribution in [3.63, 3.8) is 0 Å². The highest BCUT2D eigenvalue weighted by Gasteiger charge is 2.21. The molecule has 1 aliphatic rings. The average molecular weight is 470 g/mol. The van der Waals surface area contributed by atoms with E-state index in [9.17, 15) is 4.79 Å². The third-order valence-electron chi connectivity index (χ3n) is 6.30. The smallest absolute Gasteiger partial charge is 0.268 e. The van der Waals surface area contributed by atoms with Crippen molar-refractivity contribution in [3.05, 3.63) is 58.7 Å². The van der Waals surface area contributed by atoms with Gasteiger partial charge in [0.25, 0.3) is 5.91 Å². The fourth-order valence-corrected chi connectivity index (χ4v) is 5.73. The molecule has 4 nitrogen and oxygen atoms in total. The van der Waals surface area contributed by atoms with Gasteiger partial charge in [0.2, 0.25) is 0 Å². The first-order valence-corrected chi connectivity index (χ1v) is 12.8. The SMILES string of the molecule is CCC1CCCCN1CCCNC(=O)c1[nH]c2cc(C)ccc2c1Sc1ccc(Cl)cc1. The first-order chi connectivity index (χ1) is 15.5. The highest BCUT2D eigenvalue weighted by atomic mass is 35.5. The molecular weight excluding hydrogens is 438 g/mol. The highest BCUT2D eigenvalue weighted by Crippen LogP contribution is 2.37. The monoisotopic (exact) mass is 469 g/mol. The number of nitrogens with zero attached hydrogens (tertiary/aromatic N) is 1. The van der Waals surface area contributed by atoms with Gasteiger partial charge in [-0.05, 0) is 75.0 Å². The fourth-order valence-electron chi connectivity index (χ4n) is 4.56. The summed E-state index contributed by atoms with van der Waals surface area (Å²) in [5.74, 6) is -0.0407. The zero-order chi connectivity index (χ0) is 22.5. The molecule has 1 atom stereocenters. The minimum atomic E-state index is -0.0407. The normalized spacial score (nSPS) is 17.0. The Morgan fingerprint density at radius 3 is 2.81 bits per heavy atom. The van der Waals surface area contributed by atoms with Gasteiger partial charge in [0.05, 0.1) is 4.90 Å². The molecule has 0 saturated carbocycles. The minimum absolute atomic E-state index is 0.0407. The number of halogens is 1. The van der Waals surface area contributed by atoms with Crippen molar-refractivity contribution in [2.45, 2.75) is 61.8 Å². The van der Waals surface area contributed by atoms with Gasteiger partial charge in [-0.2, -0.15) is 0 Å². The molecule has 170 valence electrons. The molecule has 3 aromatic rings. The molecule has 2 heterocycles. The molecule has 2 N–H and O–H groups in total. The van der Waals surface area contributed by atoms with E-state index in [1.54, 1.807) is 11.8 Å². The Kier molecular flexibility index (Phi) is 7.82. The maximum Gasteiger partial charge on any atom is 0.268 e. The Morgan fingerprint density at radius 2 is 2.03 bits per heavy atom. The Balaban J connectivity index is 1.46. The predicted octanol–water partition coefficient (Wildman–Crippen LogP) is 6.67. The van der Waals surface area contributed by atoms with Gasteiger partial charge in [-0.15, -0.1) is 0 Å². The summed E-state index contributed by atoms with van der Waals surface area (Å²) in [4.78, 5) is 21.1. The van der Waals surface area contributed by atoms with E-state index in [1.165, 1.54) is 37.8 Å². The van der Waals surface area contributed by atoms with E-state index in [-0.39, 0.29) is 5.91 Å². The van der Waals surface area contributed by atoms with Crippen molar-refractivity contribution in [2.75, 3.05) is 19.6 Å². The zero-order valence-electron chi connectivity index (χ0n) is 18.9. The zero-order valence-corrected chi connectivity index (χ0v) is 20.5. The lowest BCUT2D eigenvalue weighted by molar-refractivity contribution is 0.0940. The molecule has 1 saturated heterocycles. The average Bonchev–Trinajstić information content (AvgIpc) is 3.15. The molecule has 1 aromatic heterocycles. The summed E-state index contributed by atoms with van der Waals surface area (Å²) in [6.07, 6.45) is 6.14. The maximum atomic E-state index is 13.1. The van der Waals surface area contributed by atoms with E-state index < -0.39 is 0 Å². The number of hydrogen-bond donors (Lipinski definition) is 2. The van der Waals surface area contributed by atoms with Crippen LogP contribution < -0.4 is 5.32 Å². The van der Waals surface area contributed by atoms with Crippen LogP contribution in [0.4, 0.5) is 0 Å². The van der Waals surface area contributed by atoms with Crippen LogP contribution in [0, 0.1) is 6.92 Å². The Hall–Kier alpha value is -1.95. The van der Waals surface area contributed by atoms with Crippen molar-refractivity contribution in [1.29, 1.82) is 0 Å². The van der Waals surface area contributed by atoms with E-state index in [1.807, 2.05) is 24.3 Å². The highest BCUT2D eigenvalue weighted by molar-refractivity contribution is 7.99. The van der Waals surface area contributed by atoms with Crippen LogP contribution in [-0.4, -0.2) is 41.5 Å². The van der Waals surface area contributed by atoms with E-state index >= 15 is 0 Å². The molecule has 4 rings (SSSR count). The number of aromatic nitrogens is 1. The van der Waals surface area contributed by atoms with Gasteiger partial charge in [-0.1, -0.05) is 48.8 Å². The van der Waals surface area contributed by atoms with Crippen LogP contribution in [0.15, 0.2) is 52.3 Å². The molecule has 1 aliphatic heterocycles. The van der Waals surface area contributed by atoms with Crippen LogP contribution in [0.3, 0.4) is 0 Å². The van der Waals surface area contributed by atoms with Crippen LogP contribution in [0.2, 0.25) is 5.02 Å². The van der Waals surface area contributed by atoms with Gasteiger partial charge >= 0.3 is 0 Å². The van der Waals surface area contributed by atoms with Crippen LogP contribution in [0.1, 0.15) is 55.1 Å². The molecule has 0 bridgehead atoms. The quantitative estimate of drug-likeness (QED) is 0.362. The van der Waals surface area contributed by atoms with Crippen LogP contribution >= 0.6 is 23.4 Å². The first-order valence-electron chi connectivity index (χ1n) is 11.6. The minimum Gasteiger partial charge on any atom is -0.351 e. The molecule has 2 aromatic carbocycles. The molecule has 0 radical (unpaired) electrons. The van der Waals surface area contributed by atoms with Crippen molar-refractivity contribution in [3.8, 4) is 0 Å². The van der Waals surface area contributed by atoms with E-state index in [4.69, 9.17) is 11.6 Å². The van der Waals surface area contributed by atoms with E-state index in [0.717, 1.165) is 33.7 Å². The first kappa shape index (κ1) is 23.2. The molecule has 1 fully saturated rings. The summed E-state index contributed by atoms with van der Waals surface area (Å²) in [7, 11) is 0. The largest absolute Gasteiger partial charge is 0.351 e. The van der Waals surface area contributed by atoms with Crippen molar-refractivity contribution >= 4 is 40.2 Å². The van der Waals surface area contributed by atoms with Gasteiger partial charge < -0.3 is 15.2 Å². The maximum absolute atomic E-state index is 13.1. The van der Waals surface area contributed by atoms with Crippen molar-refractivity contribution in [2.24, 2.45) is 0 Å². The number of fused-ring (bicyclic) bond motifs is 1. The molecule has 0 spiro atoms. The Morgan fingerprint density at radius 1 is 1.22 bits per heavy atom. The second kappa shape index (κ2) is 10.8. The number of aryl methyl sites for hydroxylation is 1. The molecule has 32 heavy (non-hydrogen) atoms. The van der Waals surface area contributed by atoms with Gasteiger partial charge in [-0.3, -0.25) is 4.79 Å². The third kappa shape index (κ3) is 5.51. The number of carbonyl (C=O) groups excluding carboxylic acids is 1. The topological polar surface area (TPSA) is 48.1 Å². The van der Waals surface area contributed by atoms with Crippen molar-refractivity contribution in [1.82, 2.24) is 15.2 Å². The van der Waals surface area contributed by atoms with Crippen LogP contribution in [0.5, 0.6) is 0 Å². The lowest BCUT2D eigenvalue weighted by Gasteiger charge is -2.35. The molecule has 1 unspecified atom stereocenters. The number of benzene rings is 2. The summed E-state index contributed by atoms with van der Waals surface area (Å²) in [6.45, 7) is 7.27. The van der Waals surface area contributed by atoms with Crippen molar-refractivity contribution < 1.29 is 4.79 Å². The van der Waals surface area contributed by atoms with E-state index in [2.05, 4.69) is 47.2 Å². The number of nitrogens with one attached hydrogen (secondary N) is 2. The summed E-state index contributed by atoms with van der Waals surface area (Å²) in [5, 5.41) is 4.93. The molecule has 0 aliphatic carbocycles. The predicted molar refractivity (Wildman–Crippen MR) is 135 cm³/mol. The lowest BCUT2D eigenvalue weighted by atomic mass is 10.00. The molecule has 1 amide bonds. The number of rotatable bonds is 8. The standard InChI is InChI=1S/C26H32ClN3OS/c1-3-20-7-4-5-15-30(20)16-6-14-28-26(31)24-25(32-21-11-9-19(27)10-12-21)22-13-8-18(2)17-23(22)29-24/h8-13,17,20,29H,3-7,14-16H2,1-2H3,(H,28,31). The van der Waals surface area contributed by atoms with Gasteiger partial charge in [-0.25, -0.2) is 0 Å². The summed E-state index contributed by atoms with van der Waals surface area (Å²) < 4.78 is 0. The van der Waals surface area contributed by atoms with Crippen LogP contribution in [-0.2, 0) is 0 Å². The number of piperidine rings is 1. The third-order valence-corrected chi connectivity index (χ3v) is 7.68. The van der Waals surface area contributed by atoms with Gasteiger partial charge in [0.15, 0.2) is 0 Å². The number of hydrogen-bond acceptors (Lipinski definition) is 3. The van der Waals surface area contributed by atoms with E-state index in [0.29, 0.717) is 23.3 Å². The number of likely N-dealkylation sites (tertiary alicyclic amines) is 1. The summed E-state index contributed by atoms with van der Waals surface area (Å²) in [6, 6.07) is 14.7. The van der Waals surface area contributed by atoms with Gasteiger partial charge in [0, 0.05) is 40.0 Å². The number of aromatic amines is 1. The second-order valence-electron chi connectivity index (χ2n) is 8.64. The summed E-state index contributed by atoms with van der Waals surface area (Å²) >= 11 is 7.65. The fraction of sp³-hybridized carbons (Fsp3) is 0.423. The second-order valence-corrected chi connectivity index (χ2v) is 10.2. The number of carbonyl (C=O) groups is 1. The number of H-pyrrole nitrogens is 1. The number of amides is 1. The van der Waals surface area contributed by atoms with Gasteiger partial charge in [0.1, 0.15) is 5.69 Å². The van der Waals surface area contributed by atoms with Crippen LogP contribution in [0.25, 0.3) is 10.9 Å². The summed E-state index contributed by atoms with van der Waals surface area (Å²) in [5.41, 5.74) is 2.79. The molecular formula is C26H32ClN3OS.